The van der Waals surface area contributed by atoms with Gasteiger partial charge in [-0.15, -0.1) is 0 Å². The standard InChI is InChI=1S/C15H24N2O2/c1-15(11-16,10-14(18-2)19-3)17-9-8-12-6-4-5-7-13(12)17/h4-7,14H,8-11,16H2,1-3H3. The average Bonchev–Trinajstić information content (AvgIpc) is 2.89. The highest BCUT2D eigenvalue weighted by atomic mass is 16.7. The van der Waals surface area contributed by atoms with Crippen molar-refractivity contribution < 1.29 is 9.47 Å². The first-order chi connectivity index (χ1) is 9.14. The molecule has 1 unspecified atom stereocenters. The van der Waals surface area contributed by atoms with Crippen molar-refractivity contribution in [1.29, 1.82) is 0 Å². The van der Waals surface area contributed by atoms with Crippen LogP contribution in [0, 0.1) is 0 Å². The summed E-state index contributed by atoms with van der Waals surface area (Å²) in [5.74, 6) is 0. The molecule has 0 radical (unpaired) electrons. The van der Waals surface area contributed by atoms with Crippen LogP contribution in [0.25, 0.3) is 0 Å². The van der Waals surface area contributed by atoms with Gasteiger partial charge in [-0.25, -0.2) is 0 Å². The molecule has 4 nitrogen and oxygen atoms in total. The van der Waals surface area contributed by atoms with Crippen LogP contribution in [0.2, 0.25) is 0 Å². The molecule has 4 heteroatoms. The number of ether oxygens (including phenoxy) is 2. The van der Waals surface area contributed by atoms with E-state index in [1.807, 2.05) is 0 Å². The molecule has 1 aromatic rings. The zero-order valence-electron chi connectivity index (χ0n) is 12.1. The molecule has 1 heterocycles. The Morgan fingerprint density at radius 2 is 2.00 bits per heavy atom. The van der Waals surface area contributed by atoms with Gasteiger partial charge in [0.15, 0.2) is 6.29 Å². The number of nitrogens with two attached hydrogens (primary N) is 1. The first-order valence-electron chi connectivity index (χ1n) is 6.76. The molecule has 0 aliphatic carbocycles. The number of benzene rings is 1. The lowest BCUT2D eigenvalue weighted by Gasteiger charge is -2.41. The summed E-state index contributed by atoms with van der Waals surface area (Å²) in [6.45, 7) is 3.76. The second kappa shape index (κ2) is 5.90. The number of nitrogens with zero attached hydrogens (tertiary/aromatic N) is 1. The Morgan fingerprint density at radius 1 is 1.32 bits per heavy atom. The van der Waals surface area contributed by atoms with Gasteiger partial charge in [0.25, 0.3) is 0 Å². The molecule has 0 saturated carbocycles. The van der Waals surface area contributed by atoms with E-state index in [0.29, 0.717) is 6.54 Å². The molecule has 0 fully saturated rings. The van der Waals surface area contributed by atoms with Crippen LogP contribution in [0.5, 0.6) is 0 Å². The second-order valence-corrected chi connectivity index (χ2v) is 5.34. The van der Waals surface area contributed by atoms with Gasteiger partial charge in [0.2, 0.25) is 0 Å². The van der Waals surface area contributed by atoms with Crippen molar-refractivity contribution in [3.05, 3.63) is 29.8 Å². The molecule has 106 valence electrons. The van der Waals surface area contributed by atoms with Crippen molar-refractivity contribution in [2.24, 2.45) is 5.73 Å². The maximum atomic E-state index is 6.05. The molecule has 2 rings (SSSR count). The van der Waals surface area contributed by atoms with E-state index in [1.54, 1.807) is 14.2 Å². The van der Waals surface area contributed by atoms with Crippen molar-refractivity contribution in [2.75, 3.05) is 32.2 Å². The molecule has 0 spiro atoms. The van der Waals surface area contributed by atoms with E-state index in [2.05, 4.69) is 36.1 Å². The van der Waals surface area contributed by atoms with Crippen LogP contribution in [0.15, 0.2) is 24.3 Å². The van der Waals surface area contributed by atoms with Crippen LogP contribution < -0.4 is 10.6 Å². The van der Waals surface area contributed by atoms with E-state index in [1.165, 1.54) is 11.3 Å². The lowest BCUT2D eigenvalue weighted by molar-refractivity contribution is -0.115. The Labute approximate surface area is 115 Å². The highest BCUT2D eigenvalue weighted by molar-refractivity contribution is 5.59. The predicted octanol–water partition coefficient (Wildman–Crippen LogP) is 1.78. The van der Waals surface area contributed by atoms with Crippen molar-refractivity contribution in [3.8, 4) is 0 Å². The van der Waals surface area contributed by atoms with Crippen LogP contribution in [-0.2, 0) is 15.9 Å². The summed E-state index contributed by atoms with van der Waals surface area (Å²) in [6.07, 6.45) is 1.61. The van der Waals surface area contributed by atoms with Gasteiger partial charge < -0.3 is 20.1 Å². The molecule has 1 aliphatic heterocycles. The Kier molecular flexibility index (Phi) is 4.45. The van der Waals surface area contributed by atoms with Crippen LogP contribution >= 0.6 is 0 Å². The quantitative estimate of drug-likeness (QED) is 0.796. The fourth-order valence-electron chi connectivity index (χ4n) is 2.82. The maximum absolute atomic E-state index is 6.05. The minimum absolute atomic E-state index is 0.150. The Balaban J connectivity index is 2.23. The third-order valence-electron chi connectivity index (χ3n) is 4.11. The van der Waals surface area contributed by atoms with Crippen LogP contribution in [0.4, 0.5) is 5.69 Å². The number of rotatable bonds is 6. The minimum Gasteiger partial charge on any atom is -0.364 e. The Hall–Kier alpha value is -1.10. The molecule has 1 aromatic carbocycles. The molecular weight excluding hydrogens is 240 g/mol. The van der Waals surface area contributed by atoms with E-state index in [9.17, 15) is 0 Å². The van der Waals surface area contributed by atoms with Gasteiger partial charge in [0, 0.05) is 39.4 Å². The molecule has 0 amide bonds. The topological polar surface area (TPSA) is 47.7 Å². The summed E-state index contributed by atoms with van der Waals surface area (Å²) in [5.41, 5.74) is 8.59. The normalized spacial score (nSPS) is 17.6. The zero-order chi connectivity index (χ0) is 13.9. The van der Waals surface area contributed by atoms with Gasteiger partial charge in [0.05, 0.1) is 5.54 Å². The van der Waals surface area contributed by atoms with E-state index in [0.717, 1.165) is 19.4 Å². The fraction of sp³-hybridized carbons (Fsp3) is 0.600. The summed E-state index contributed by atoms with van der Waals surface area (Å²) in [5, 5.41) is 0. The third-order valence-corrected chi connectivity index (χ3v) is 4.11. The molecule has 1 atom stereocenters. The lowest BCUT2D eigenvalue weighted by Crippen LogP contribution is -2.53. The van der Waals surface area contributed by atoms with E-state index in [-0.39, 0.29) is 11.8 Å². The van der Waals surface area contributed by atoms with Crippen LogP contribution in [0.3, 0.4) is 0 Å². The van der Waals surface area contributed by atoms with Crippen molar-refractivity contribution in [1.82, 2.24) is 0 Å². The lowest BCUT2D eigenvalue weighted by atomic mass is 9.94. The number of anilines is 1. The number of methoxy groups -OCH3 is 2. The van der Waals surface area contributed by atoms with Crippen molar-refractivity contribution in [3.63, 3.8) is 0 Å². The van der Waals surface area contributed by atoms with Gasteiger partial charge in [-0.1, -0.05) is 18.2 Å². The SMILES string of the molecule is COC(CC(C)(CN)N1CCc2ccccc21)OC. The van der Waals surface area contributed by atoms with Gasteiger partial charge in [-0.2, -0.15) is 0 Å². The van der Waals surface area contributed by atoms with Gasteiger partial charge in [-0.3, -0.25) is 0 Å². The zero-order valence-corrected chi connectivity index (χ0v) is 12.1. The van der Waals surface area contributed by atoms with Crippen molar-refractivity contribution >= 4 is 5.69 Å². The summed E-state index contributed by atoms with van der Waals surface area (Å²) < 4.78 is 10.7. The molecule has 2 N–H and O–H groups in total. The monoisotopic (exact) mass is 264 g/mol. The molecular formula is C15H24N2O2. The maximum Gasteiger partial charge on any atom is 0.159 e. The molecule has 19 heavy (non-hydrogen) atoms. The van der Waals surface area contributed by atoms with Crippen LogP contribution in [-0.4, -0.2) is 39.1 Å². The molecule has 0 bridgehead atoms. The summed E-state index contributed by atoms with van der Waals surface area (Å²) in [6, 6.07) is 8.54. The number of para-hydroxylation sites is 1. The van der Waals surface area contributed by atoms with E-state index in [4.69, 9.17) is 15.2 Å². The van der Waals surface area contributed by atoms with E-state index >= 15 is 0 Å². The third kappa shape index (κ3) is 2.76. The first-order valence-corrected chi connectivity index (χ1v) is 6.76. The second-order valence-electron chi connectivity index (χ2n) is 5.34. The van der Waals surface area contributed by atoms with Gasteiger partial charge >= 0.3 is 0 Å². The average molecular weight is 264 g/mol. The number of hydrogen-bond donors (Lipinski definition) is 1. The Bertz CT molecular complexity index is 420. The fourth-order valence-corrected chi connectivity index (χ4v) is 2.82. The molecule has 0 saturated heterocycles. The largest absolute Gasteiger partial charge is 0.364 e. The highest BCUT2D eigenvalue weighted by Gasteiger charge is 2.36. The summed E-state index contributed by atoms with van der Waals surface area (Å²) in [4.78, 5) is 2.40. The van der Waals surface area contributed by atoms with Crippen molar-refractivity contribution in [2.45, 2.75) is 31.6 Å². The molecule has 0 aromatic heterocycles. The van der Waals surface area contributed by atoms with Gasteiger partial charge in [0.1, 0.15) is 0 Å². The van der Waals surface area contributed by atoms with Crippen LogP contribution in [0.1, 0.15) is 18.9 Å². The number of fused-ring (bicyclic) bond motifs is 1. The number of hydrogen-bond acceptors (Lipinski definition) is 4. The highest BCUT2D eigenvalue weighted by Crippen LogP contribution is 2.35. The predicted molar refractivity (Wildman–Crippen MR) is 77.4 cm³/mol. The Morgan fingerprint density at radius 3 is 2.63 bits per heavy atom. The van der Waals surface area contributed by atoms with Gasteiger partial charge in [-0.05, 0) is 25.0 Å². The smallest absolute Gasteiger partial charge is 0.159 e. The first kappa shape index (κ1) is 14.3. The molecule has 1 aliphatic rings. The summed E-state index contributed by atoms with van der Waals surface area (Å²) in [7, 11) is 3.34. The van der Waals surface area contributed by atoms with E-state index < -0.39 is 0 Å². The minimum atomic E-state index is -0.221. The summed E-state index contributed by atoms with van der Waals surface area (Å²) >= 11 is 0.